The smallest absolute Gasteiger partial charge is 0.280 e. The maximum atomic E-state index is 13.3. The van der Waals surface area contributed by atoms with E-state index in [2.05, 4.69) is 27.3 Å². The van der Waals surface area contributed by atoms with E-state index in [1.165, 1.54) is 11.3 Å². The maximum absolute atomic E-state index is 13.3. The van der Waals surface area contributed by atoms with Crippen molar-refractivity contribution in [3.05, 3.63) is 46.5 Å². The fourth-order valence-electron chi connectivity index (χ4n) is 4.78. The summed E-state index contributed by atoms with van der Waals surface area (Å²) in [5.74, 6) is -0.0599. The summed E-state index contributed by atoms with van der Waals surface area (Å²) in [7, 11) is 0. The van der Waals surface area contributed by atoms with E-state index in [0.29, 0.717) is 49.0 Å². The molecule has 1 aromatic heterocycles. The minimum Gasteiger partial charge on any atom is -0.389 e. The van der Waals surface area contributed by atoms with Crippen LogP contribution in [0.2, 0.25) is 0 Å². The average molecular weight is 540 g/mol. The topological polar surface area (TPSA) is 113 Å². The molecule has 2 aliphatic heterocycles. The number of hydrogen-bond acceptors (Lipinski definition) is 9. The minimum absolute atomic E-state index is 0.103. The van der Waals surface area contributed by atoms with Crippen LogP contribution in [0.15, 0.2) is 35.6 Å². The zero-order valence-corrected chi connectivity index (χ0v) is 22.5. The van der Waals surface area contributed by atoms with Gasteiger partial charge in [0.15, 0.2) is 22.7 Å². The third-order valence-electron chi connectivity index (χ3n) is 7.06. The zero-order valence-electron chi connectivity index (χ0n) is 21.7. The van der Waals surface area contributed by atoms with Crippen molar-refractivity contribution in [1.82, 2.24) is 14.8 Å². The number of rotatable bonds is 9. The molecule has 2 atom stereocenters. The van der Waals surface area contributed by atoms with Crippen molar-refractivity contribution >= 4 is 39.8 Å². The largest absolute Gasteiger partial charge is 0.389 e. The van der Waals surface area contributed by atoms with Crippen molar-refractivity contribution in [3.8, 4) is 0 Å². The molecular formula is C27H33N5O5S. The molecule has 1 aliphatic carbocycles. The van der Waals surface area contributed by atoms with Gasteiger partial charge in [-0.25, -0.2) is 4.98 Å². The Labute approximate surface area is 226 Å². The summed E-state index contributed by atoms with van der Waals surface area (Å²) in [5.41, 5.74) is 1.32. The summed E-state index contributed by atoms with van der Waals surface area (Å²) in [6, 6.07) is 7.11. The number of carbonyl (C=O) groups is 3. The first kappa shape index (κ1) is 26.5. The van der Waals surface area contributed by atoms with E-state index in [1.54, 1.807) is 37.4 Å². The molecule has 1 saturated carbocycles. The number of nitrogens with one attached hydrogen (secondary N) is 1. The van der Waals surface area contributed by atoms with Gasteiger partial charge in [-0.2, -0.15) is 0 Å². The van der Waals surface area contributed by atoms with Gasteiger partial charge in [0.25, 0.3) is 5.91 Å². The molecule has 0 bridgehead atoms. The van der Waals surface area contributed by atoms with Crippen LogP contribution in [0.5, 0.6) is 0 Å². The Balaban J connectivity index is 1.25. The molecule has 2 saturated heterocycles. The van der Waals surface area contributed by atoms with Gasteiger partial charge >= 0.3 is 0 Å². The molecular weight excluding hydrogens is 506 g/mol. The van der Waals surface area contributed by atoms with Crippen LogP contribution in [0.4, 0.5) is 5.13 Å². The SMILES string of the molecule is CC(=O)N1CCN(Cc2cnc(NC(=O)/C(=N\O[C@@H]3CCOC3)c3ccc(C(=O)C4CC4)cc3)s2)C[C@H]1C. The summed E-state index contributed by atoms with van der Waals surface area (Å²) >= 11 is 1.41. The highest BCUT2D eigenvalue weighted by atomic mass is 32.1. The number of aromatic nitrogens is 1. The molecule has 1 N–H and O–H groups in total. The van der Waals surface area contributed by atoms with Crippen LogP contribution in [-0.4, -0.2) is 83.1 Å². The summed E-state index contributed by atoms with van der Waals surface area (Å²) < 4.78 is 5.35. The zero-order chi connectivity index (χ0) is 26.6. The van der Waals surface area contributed by atoms with Crippen molar-refractivity contribution in [1.29, 1.82) is 0 Å². The summed E-state index contributed by atoms with van der Waals surface area (Å²) in [5, 5.41) is 7.53. The molecule has 2 aromatic rings. The van der Waals surface area contributed by atoms with Crippen molar-refractivity contribution < 1.29 is 24.0 Å². The number of benzene rings is 1. The second-order valence-electron chi connectivity index (χ2n) is 10.1. The first-order valence-corrected chi connectivity index (χ1v) is 13.9. The summed E-state index contributed by atoms with van der Waals surface area (Å²) in [6.07, 6.45) is 4.16. The van der Waals surface area contributed by atoms with E-state index in [0.717, 1.165) is 30.8 Å². The molecule has 3 fully saturated rings. The number of thiazole rings is 1. The predicted octanol–water partition coefficient (Wildman–Crippen LogP) is 2.94. The van der Waals surface area contributed by atoms with E-state index in [1.807, 2.05) is 4.90 Å². The maximum Gasteiger partial charge on any atom is 0.280 e. The lowest BCUT2D eigenvalue weighted by Gasteiger charge is -2.39. The second-order valence-corrected chi connectivity index (χ2v) is 11.2. The number of ketones is 1. The number of carbonyl (C=O) groups excluding carboxylic acids is 3. The standard InChI is InChI=1S/C27H33N5O5S/c1-17-14-31(10-11-32(17)18(2)33)15-23-13-28-27(38-23)29-26(35)24(30-37-22-9-12-36-16-22)19-3-5-20(6-4-19)25(34)21-7-8-21/h3-6,13,17,21-22H,7-12,14-16H2,1-2H3,(H,28,29,35)/b30-24-/t17-,22-/m1/s1. The molecule has 0 radical (unpaired) electrons. The van der Waals surface area contributed by atoms with Crippen molar-refractivity contribution in [3.63, 3.8) is 0 Å². The molecule has 1 aromatic carbocycles. The van der Waals surface area contributed by atoms with Crippen LogP contribution in [0, 0.1) is 5.92 Å². The molecule has 5 rings (SSSR count). The number of anilines is 1. The van der Waals surface area contributed by atoms with Crippen LogP contribution >= 0.6 is 11.3 Å². The van der Waals surface area contributed by atoms with Gasteiger partial charge in [-0.3, -0.25) is 24.6 Å². The fraction of sp³-hybridized carbons (Fsp3) is 0.519. The van der Waals surface area contributed by atoms with Gasteiger partial charge in [-0.15, -0.1) is 11.3 Å². The number of oxime groups is 1. The molecule has 0 unspecified atom stereocenters. The third kappa shape index (κ3) is 6.46. The molecule has 3 heterocycles. The van der Waals surface area contributed by atoms with E-state index in [4.69, 9.17) is 9.57 Å². The Bertz CT molecular complexity index is 1200. The third-order valence-corrected chi connectivity index (χ3v) is 7.95. The molecule has 10 nitrogen and oxygen atoms in total. The second kappa shape index (κ2) is 11.7. The Kier molecular flexibility index (Phi) is 8.15. The number of amides is 2. The van der Waals surface area contributed by atoms with Gasteiger partial charge in [0.05, 0.1) is 13.2 Å². The van der Waals surface area contributed by atoms with E-state index in [9.17, 15) is 14.4 Å². The molecule has 3 aliphatic rings. The number of Topliss-reactive ketones (excluding diaryl/α,β-unsaturated/α-hetero) is 1. The van der Waals surface area contributed by atoms with Gasteiger partial charge in [0.1, 0.15) is 0 Å². The molecule has 11 heteroatoms. The Morgan fingerprint density at radius 3 is 2.58 bits per heavy atom. The Morgan fingerprint density at radius 2 is 1.92 bits per heavy atom. The van der Waals surface area contributed by atoms with Crippen LogP contribution in [-0.2, 0) is 25.7 Å². The lowest BCUT2D eigenvalue weighted by atomic mass is 10.0. The number of piperazine rings is 1. The number of nitrogens with zero attached hydrogens (tertiary/aromatic N) is 4. The Hall–Kier alpha value is -3.15. The summed E-state index contributed by atoms with van der Waals surface area (Å²) in [6.45, 7) is 7.69. The lowest BCUT2D eigenvalue weighted by molar-refractivity contribution is -0.133. The van der Waals surface area contributed by atoms with Gasteiger partial charge in [-0.1, -0.05) is 29.4 Å². The first-order valence-electron chi connectivity index (χ1n) is 13.1. The van der Waals surface area contributed by atoms with Crippen LogP contribution in [0.3, 0.4) is 0 Å². The van der Waals surface area contributed by atoms with Crippen molar-refractivity contribution in [2.45, 2.75) is 51.8 Å². The van der Waals surface area contributed by atoms with Gasteiger partial charge < -0.3 is 14.5 Å². The quantitative estimate of drug-likeness (QED) is 0.296. The fourth-order valence-corrected chi connectivity index (χ4v) is 5.63. The van der Waals surface area contributed by atoms with Crippen LogP contribution in [0.25, 0.3) is 0 Å². The predicted molar refractivity (Wildman–Crippen MR) is 143 cm³/mol. The van der Waals surface area contributed by atoms with E-state index in [-0.39, 0.29) is 35.5 Å². The minimum atomic E-state index is -0.435. The van der Waals surface area contributed by atoms with Gasteiger partial charge in [0, 0.05) is 73.7 Å². The van der Waals surface area contributed by atoms with Crippen LogP contribution in [0.1, 0.15) is 53.9 Å². The highest BCUT2D eigenvalue weighted by Crippen LogP contribution is 2.32. The van der Waals surface area contributed by atoms with E-state index < -0.39 is 5.91 Å². The summed E-state index contributed by atoms with van der Waals surface area (Å²) in [4.78, 5) is 52.7. The lowest BCUT2D eigenvalue weighted by Crippen LogP contribution is -2.52. The Morgan fingerprint density at radius 1 is 1.16 bits per heavy atom. The van der Waals surface area contributed by atoms with Crippen LogP contribution < -0.4 is 5.32 Å². The monoisotopic (exact) mass is 539 g/mol. The first-order chi connectivity index (χ1) is 18.4. The molecule has 0 spiro atoms. The molecule has 202 valence electrons. The van der Waals surface area contributed by atoms with Crippen molar-refractivity contribution in [2.75, 3.05) is 38.2 Å². The van der Waals surface area contributed by atoms with Gasteiger partial charge in [-0.05, 0) is 19.8 Å². The average Bonchev–Trinajstić information content (AvgIpc) is 3.45. The highest BCUT2D eigenvalue weighted by molar-refractivity contribution is 7.15. The molecule has 2 amide bonds. The number of ether oxygens (including phenoxy) is 1. The van der Waals surface area contributed by atoms with Crippen molar-refractivity contribution in [2.24, 2.45) is 11.1 Å². The van der Waals surface area contributed by atoms with E-state index >= 15 is 0 Å². The highest BCUT2D eigenvalue weighted by Gasteiger charge is 2.30. The normalized spacial score (nSPS) is 22.4. The van der Waals surface area contributed by atoms with Gasteiger partial charge in [0.2, 0.25) is 5.91 Å². The molecule has 38 heavy (non-hydrogen) atoms. The number of hydrogen-bond donors (Lipinski definition) is 1.